The fourth-order valence-corrected chi connectivity index (χ4v) is 3.89. The molecular formula is C27H29N3O4. The van der Waals surface area contributed by atoms with Gasteiger partial charge in [-0.2, -0.15) is 0 Å². The summed E-state index contributed by atoms with van der Waals surface area (Å²) in [6.07, 6.45) is 0. The lowest BCUT2D eigenvalue weighted by atomic mass is 10.1. The number of carbonyl (C=O) groups is 2. The van der Waals surface area contributed by atoms with E-state index < -0.39 is 0 Å². The Morgan fingerprint density at radius 3 is 2.24 bits per heavy atom. The molecule has 1 saturated heterocycles. The van der Waals surface area contributed by atoms with E-state index in [0.29, 0.717) is 24.4 Å². The topological polar surface area (TPSA) is 71.1 Å². The number of rotatable bonds is 7. The molecule has 34 heavy (non-hydrogen) atoms. The SMILES string of the molecule is COc1ccc(C(=O)N2CCN(c3ccc(NC(=O)COc4cccc(C)c4)cc3)CC2)cc1. The summed E-state index contributed by atoms with van der Waals surface area (Å²) in [4.78, 5) is 29.1. The van der Waals surface area contributed by atoms with Crippen molar-refractivity contribution < 1.29 is 19.1 Å². The number of nitrogens with one attached hydrogen (secondary N) is 1. The molecule has 176 valence electrons. The summed E-state index contributed by atoms with van der Waals surface area (Å²) in [5.41, 5.74) is 3.53. The number of nitrogens with zero attached hydrogens (tertiary/aromatic N) is 2. The molecule has 0 saturated carbocycles. The fourth-order valence-electron chi connectivity index (χ4n) is 3.89. The van der Waals surface area contributed by atoms with Crippen molar-refractivity contribution in [2.75, 3.05) is 50.1 Å². The maximum atomic E-state index is 12.8. The Bertz CT molecular complexity index is 1120. The number of hydrogen-bond acceptors (Lipinski definition) is 5. The van der Waals surface area contributed by atoms with E-state index in [0.717, 1.165) is 35.8 Å². The van der Waals surface area contributed by atoms with E-state index in [1.54, 1.807) is 31.4 Å². The Morgan fingerprint density at radius 1 is 0.882 bits per heavy atom. The molecule has 1 fully saturated rings. The molecule has 0 aliphatic carbocycles. The van der Waals surface area contributed by atoms with Crippen LogP contribution < -0.4 is 19.7 Å². The number of amides is 2. The average Bonchev–Trinajstić information content (AvgIpc) is 2.88. The zero-order valence-electron chi connectivity index (χ0n) is 19.5. The van der Waals surface area contributed by atoms with Crippen LogP contribution in [0.3, 0.4) is 0 Å². The van der Waals surface area contributed by atoms with Gasteiger partial charge in [0.15, 0.2) is 6.61 Å². The Hall–Kier alpha value is -4.00. The van der Waals surface area contributed by atoms with Crippen LogP contribution in [-0.4, -0.2) is 56.6 Å². The lowest BCUT2D eigenvalue weighted by Crippen LogP contribution is -2.48. The van der Waals surface area contributed by atoms with Crippen LogP contribution in [0.2, 0.25) is 0 Å². The van der Waals surface area contributed by atoms with Crippen molar-refractivity contribution in [2.24, 2.45) is 0 Å². The quantitative estimate of drug-likeness (QED) is 0.579. The van der Waals surface area contributed by atoms with Crippen molar-refractivity contribution in [2.45, 2.75) is 6.92 Å². The zero-order chi connectivity index (χ0) is 23.9. The lowest BCUT2D eigenvalue weighted by Gasteiger charge is -2.36. The highest BCUT2D eigenvalue weighted by molar-refractivity contribution is 5.94. The van der Waals surface area contributed by atoms with Crippen molar-refractivity contribution in [1.82, 2.24) is 4.90 Å². The first-order valence-corrected chi connectivity index (χ1v) is 11.3. The largest absolute Gasteiger partial charge is 0.497 e. The van der Waals surface area contributed by atoms with Crippen molar-refractivity contribution in [3.05, 3.63) is 83.9 Å². The highest BCUT2D eigenvalue weighted by Gasteiger charge is 2.22. The molecule has 2 amide bonds. The van der Waals surface area contributed by atoms with Crippen molar-refractivity contribution >= 4 is 23.2 Å². The van der Waals surface area contributed by atoms with Crippen LogP contribution in [0, 0.1) is 6.92 Å². The van der Waals surface area contributed by atoms with Crippen LogP contribution in [0.25, 0.3) is 0 Å². The second kappa shape index (κ2) is 10.7. The zero-order valence-corrected chi connectivity index (χ0v) is 19.5. The van der Waals surface area contributed by atoms with E-state index in [9.17, 15) is 9.59 Å². The minimum Gasteiger partial charge on any atom is -0.497 e. The number of hydrogen-bond donors (Lipinski definition) is 1. The number of piperazine rings is 1. The van der Waals surface area contributed by atoms with E-state index in [1.807, 2.05) is 60.4 Å². The van der Waals surface area contributed by atoms with Crippen LogP contribution in [0.1, 0.15) is 15.9 Å². The molecule has 1 aliphatic rings. The van der Waals surface area contributed by atoms with E-state index in [4.69, 9.17) is 9.47 Å². The summed E-state index contributed by atoms with van der Waals surface area (Å²) in [6.45, 7) is 4.73. The predicted molar refractivity (Wildman–Crippen MR) is 133 cm³/mol. The van der Waals surface area contributed by atoms with E-state index in [2.05, 4.69) is 10.2 Å². The van der Waals surface area contributed by atoms with Gasteiger partial charge in [-0.05, 0) is 73.2 Å². The Kier molecular flexibility index (Phi) is 7.32. The third kappa shape index (κ3) is 5.86. The Balaban J connectivity index is 1.25. The molecular weight excluding hydrogens is 430 g/mol. The molecule has 3 aromatic rings. The van der Waals surface area contributed by atoms with Crippen LogP contribution in [0.4, 0.5) is 11.4 Å². The number of aryl methyl sites for hydroxylation is 1. The fraction of sp³-hybridized carbons (Fsp3) is 0.259. The Morgan fingerprint density at radius 2 is 1.59 bits per heavy atom. The highest BCUT2D eigenvalue weighted by atomic mass is 16.5. The first-order chi connectivity index (χ1) is 16.5. The van der Waals surface area contributed by atoms with Crippen molar-refractivity contribution in [3.63, 3.8) is 0 Å². The molecule has 0 aromatic heterocycles. The molecule has 4 rings (SSSR count). The van der Waals surface area contributed by atoms with Gasteiger partial charge in [0.25, 0.3) is 11.8 Å². The minimum absolute atomic E-state index is 0.0354. The third-order valence-corrected chi connectivity index (χ3v) is 5.78. The smallest absolute Gasteiger partial charge is 0.262 e. The molecule has 0 bridgehead atoms. The summed E-state index contributed by atoms with van der Waals surface area (Å²) in [7, 11) is 1.61. The second-order valence-corrected chi connectivity index (χ2v) is 8.21. The molecule has 0 spiro atoms. The molecule has 1 N–H and O–H groups in total. The first kappa shape index (κ1) is 23.2. The molecule has 0 unspecified atom stereocenters. The van der Waals surface area contributed by atoms with Gasteiger partial charge < -0.3 is 24.6 Å². The number of methoxy groups -OCH3 is 1. The highest BCUT2D eigenvalue weighted by Crippen LogP contribution is 2.21. The first-order valence-electron chi connectivity index (χ1n) is 11.3. The van der Waals surface area contributed by atoms with Gasteiger partial charge in [-0.3, -0.25) is 9.59 Å². The molecule has 7 nitrogen and oxygen atoms in total. The van der Waals surface area contributed by atoms with Gasteiger partial charge in [0, 0.05) is 43.1 Å². The van der Waals surface area contributed by atoms with Gasteiger partial charge >= 0.3 is 0 Å². The standard InChI is InChI=1S/C27H29N3O4/c1-20-4-3-5-25(18-20)34-19-26(31)28-22-8-10-23(11-9-22)29-14-16-30(17-15-29)27(32)21-6-12-24(33-2)13-7-21/h3-13,18H,14-17,19H2,1-2H3,(H,28,31). The van der Waals surface area contributed by atoms with Crippen LogP contribution >= 0.6 is 0 Å². The summed E-state index contributed by atoms with van der Waals surface area (Å²) < 4.78 is 10.7. The van der Waals surface area contributed by atoms with Crippen molar-refractivity contribution in [1.29, 1.82) is 0 Å². The maximum absolute atomic E-state index is 12.8. The maximum Gasteiger partial charge on any atom is 0.262 e. The van der Waals surface area contributed by atoms with Gasteiger partial charge in [-0.1, -0.05) is 12.1 Å². The number of anilines is 2. The summed E-state index contributed by atoms with van der Waals surface area (Å²) in [5, 5.41) is 2.86. The molecule has 1 heterocycles. The second-order valence-electron chi connectivity index (χ2n) is 8.21. The van der Waals surface area contributed by atoms with Gasteiger partial charge in [0.2, 0.25) is 0 Å². The van der Waals surface area contributed by atoms with Gasteiger partial charge in [0.1, 0.15) is 11.5 Å². The summed E-state index contributed by atoms with van der Waals surface area (Å²) in [5.74, 6) is 1.24. The van der Waals surface area contributed by atoms with E-state index in [-0.39, 0.29) is 18.4 Å². The number of carbonyl (C=O) groups excluding carboxylic acids is 2. The van der Waals surface area contributed by atoms with Crippen LogP contribution in [-0.2, 0) is 4.79 Å². The summed E-state index contributed by atoms with van der Waals surface area (Å²) in [6, 6.07) is 22.5. The van der Waals surface area contributed by atoms with Gasteiger partial charge in [-0.25, -0.2) is 0 Å². The van der Waals surface area contributed by atoms with Gasteiger partial charge in [0.05, 0.1) is 7.11 Å². The number of ether oxygens (including phenoxy) is 2. The van der Waals surface area contributed by atoms with E-state index in [1.165, 1.54) is 0 Å². The lowest BCUT2D eigenvalue weighted by molar-refractivity contribution is -0.118. The molecule has 0 atom stereocenters. The monoisotopic (exact) mass is 459 g/mol. The molecule has 0 radical (unpaired) electrons. The normalized spacial score (nSPS) is 13.4. The predicted octanol–water partition coefficient (Wildman–Crippen LogP) is 3.98. The third-order valence-electron chi connectivity index (χ3n) is 5.78. The number of benzene rings is 3. The van der Waals surface area contributed by atoms with Crippen LogP contribution in [0.5, 0.6) is 11.5 Å². The van der Waals surface area contributed by atoms with Gasteiger partial charge in [-0.15, -0.1) is 0 Å². The van der Waals surface area contributed by atoms with Crippen molar-refractivity contribution in [3.8, 4) is 11.5 Å². The average molecular weight is 460 g/mol. The summed E-state index contributed by atoms with van der Waals surface area (Å²) >= 11 is 0. The van der Waals surface area contributed by atoms with E-state index >= 15 is 0 Å². The minimum atomic E-state index is -0.208. The Labute approximate surface area is 199 Å². The van der Waals surface area contributed by atoms with Crippen LogP contribution in [0.15, 0.2) is 72.8 Å². The molecule has 7 heteroatoms. The molecule has 3 aromatic carbocycles. The molecule has 1 aliphatic heterocycles.